The van der Waals surface area contributed by atoms with Crippen LogP contribution in [0.5, 0.6) is 0 Å². The number of hydrogen-bond donors (Lipinski definition) is 7. The van der Waals surface area contributed by atoms with E-state index in [1.807, 2.05) is 13.8 Å². The lowest BCUT2D eigenvalue weighted by atomic mass is 9.99. The molecule has 198 valence electrons. The second-order valence-electron chi connectivity index (χ2n) is 9.49. The molecular formula is C23H41N7O5. The number of aliphatic carboxylic acids is 1. The van der Waals surface area contributed by atoms with Crippen molar-refractivity contribution in [2.45, 2.75) is 84.0 Å². The lowest BCUT2D eigenvalue weighted by Gasteiger charge is -2.27. The van der Waals surface area contributed by atoms with Crippen LogP contribution in [0.2, 0.25) is 0 Å². The van der Waals surface area contributed by atoms with Gasteiger partial charge in [-0.2, -0.15) is 0 Å². The number of hydrogen-bond acceptors (Lipinski definition) is 7. The highest BCUT2D eigenvalue weighted by Gasteiger charge is 2.31. The van der Waals surface area contributed by atoms with Crippen molar-refractivity contribution in [3.05, 3.63) is 18.2 Å². The molecule has 0 bridgehead atoms. The Morgan fingerprint density at radius 3 is 2.14 bits per heavy atom. The summed E-state index contributed by atoms with van der Waals surface area (Å²) in [5.41, 5.74) is 12.3. The third kappa shape index (κ3) is 10.9. The van der Waals surface area contributed by atoms with Crippen LogP contribution in [0, 0.1) is 11.8 Å². The van der Waals surface area contributed by atoms with E-state index < -0.39 is 47.9 Å². The highest BCUT2D eigenvalue weighted by atomic mass is 16.4. The zero-order chi connectivity index (χ0) is 26.5. The van der Waals surface area contributed by atoms with E-state index in [-0.39, 0.29) is 18.3 Å². The van der Waals surface area contributed by atoms with Crippen LogP contribution in [-0.2, 0) is 25.6 Å². The number of rotatable bonds is 16. The Morgan fingerprint density at radius 2 is 1.63 bits per heavy atom. The minimum atomic E-state index is -1.15. The van der Waals surface area contributed by atoms with Crippen molar-refractivity contribution < 1.29 is 24.3 Å². The van der Waals surface area contributed by atoms with Crippen LogP contribution in [0.15, 0.2) is 12.5 Å². The summed E-state index contributed by atoms with van der Waals surface area (Å²) in [5.74, 6) is -3.09. The molecule has 1 aromatic rings. The first kappa shape index (κ1) is 30.0. The van der Waals surface area contributed by atoms with E-state index in [1.165, 1.54) is 6.33 Å². The summed E-state index contributed by atoms with van der Waals surface area (Å²) in [7, 11) is 0. The van der Waals surface area contributed by atoms with E-state index in [4.69, 9.17) is 11.5 Å². The van der Waals surface area contributed by atoms with Crippen molar-refractivity contribution in [1.29, 1.82) is 0 Å². The van der Waals surface area contributed by atoms with Gasteiger partial charge in [0.2, 0.25) is 17.7 Å². The van der Waals surface area contributed by atoms with Crippen molar-refractivity contribution in [2.24, 2.45) is 23.3 Å². The topological polar surface area (TPSA) is 205 Å². The Labute approximate surface area is 206 Å². The highest BCUT2D eigenvalue weighted by molar-refractivity contribution is 5.94. The quantitative estimate of drug-likeness (QED) is 0.150. The number of aromatic nitrogens is 2. The molecule has 9 N–H and O–H groups in total. The molecule has 35 heavy (non-hydrogen) atoms. The summed E-state index contributed by atoms with van der Waals surface area (Å²) in [6.07, 6.45) is 5.11. The average molecular weight is 496 g/mol. The molecule has 0 radical (unpaired) electrons. The fourth-order valence-corrected chi connectivity index (χ4v) is 3.51. The Hall–Kier alpha value is -2.99. The Bertz CT molecular complexity index is 813. The molecule has 0 saturated carbocycles. The predicted octanol–water partition coefficient (Wildman–Crippen LogP) is -0.350. The number of aromatic amines is 1. The minimum absolute atomic E-state index is 0.0430. The molecule has 0 aliphatic heterocycles. The third-order valence-electron chi connectivity index (χ3n) is 5.48. The van der Waals surface area contributed by atoms with Crippen LogP contribution in [-0.4, -0.2) is 69.5 Å². The third-order valence-corrected chi connectivity index (χ3v) is 5.48. The van der Waals surface area contributed by atoms with Gasteiger partial charge in [0, 0.05) is 18.3 Å². The molecule has 0 fully saturated rings. The van der Waals surface area contributed by atoms with Gasteiger partial charge in [0.25, 0.3) is 0 Å². The van der Waals surface area contributed by atoms with Crippen molar-refractivity contribution in [2.75, 3.05) is 6.54 Å². The van der Waals surface area contributed by atoms with E-state index in [1.54, 1.807) is 20.0 Å². The number of carboxylic acids is 1. The van der Waals surface area contributed by atoms with E-state index in [9.17, 15) is 24.3 Å². The molecule has 1 aromatic heterocycles. The predicted molar refractivity (Wildman–Crippen MR) is 131 cm³/mol. The number of nitrogens with two attached hydrogens (primary N) is 2. The zero-order valence-corrected chi connectivity index (χ0v) is 21.0. The molecule has 0 saturated heterocycles. The maximum atomic E-state index is 13.2. The van der Waals surface area contributed by atoms with Gasteiger partial charge in [0.05, 0.1) is 12.4 Å². The number of H-pyrrole nitrogens is 1. The molecular weight excluding hydrogens is 454 g/mol. The van der Waals surface area contributed by atoms with Crippen molar-refractivity contribution >= 4 is 23.7 Å². The first-order valence-electron chi connectivity index (χ1n) is 12.0. The Kier molecular flexibility index (Phi) is 13.0. The highest BCUT2D eigenvalue weighted by Crippen LogP contribution is 2.10. The maximum Gasteiger partial charge on any atom is 0.326 e. The van der Waals surface area contributed by atoms with Crippen LogP contribution in [0.1, 0.15) is 59.1 Å². The summed E-state index contributed by atoms with van der Waals surface area (Å²) in [6, 6.07) is -3.88. The number of nitrogens with zero attached hydrogens (tertiary/aromatic N) is 1. The van der Waals surface area contributed by atoms with Gasteiger partial charge in [-0.3, -0.25) is 14.4 Å². The molecule has 0 aliphatic carbocycles. The minimum Gasteiger partial charge on any atom is -0.480 e. The Balaban J connectivity index is 2.94. The van der Waals surface area contributed by atoms with Gasteiger partial charge < -0.3 is 37.5 Å². The van der Waals surface area contributed by atoms with E-state index in [0.717, 1.165) is 0 Å². The fourth-order valence-electron chi connectivity index (χ4n) is 3.51. The van der Waals surface area contributed by atoms with Crippen molar-refractivity contribution in [1.82, 2.24) is 25.9 Å². The van der Waals surface area contributed by atoms with Crippen molar-refractivity contribution in [3.63, 3.8) is 0 Å². The Morgan fingerprint density at radius 1 is 1.00 bits per heavy atom. The van der Waals surface area contributed by atoms with Gasteiger partial charge in [-0.05, 0) is 44.1 Å². The molecule has 4 atom stereocenters. The van der Waals surface area contributed by atoms with Crippen molar-refractivity contribution in [3.8, 4) is 0 Å². The molecule has 0 aliphatic rings. The molecule has 12 heteroatoms. The molecule has 1 rings (SSSR count). The molecule has 12 nitrogen and oxygen atoms in total. The number of carboxylic acid groups (broad SMARTS) is 1. The van der Waals surface area contributed by atoms with Gasteiger partial charge in [0.1, 0.15) is 18.1 Å². The number of carbonyl (C=O) groups excluding carboxylic acids is 3. The first-order chi connectivity index (χ1) is 16.5. The molecule has 3 amide bonds. The van der Waals surface area contributed by atoms with Crippen LogP contribution < -0.4 is 27.4 Å². The maximum absolute atomic E-state index is 13.2. The summed E-state index contributed by atoms with van der Waals surface area (Å²) in [4.78, 5) is 57.0. The van der Waals surface area contributed by atoms with Gasteiger partial charge >= 0.3 is 5.97 Å². The van der Waals surface area contributed by atoms with Gasteiger partial charge in [0.15, 0.2) is 0 Å². The van der Waals surface area contributed by atoms with Crippen LogP contribution in [0.3, 0.4) is 0 Å². The van der Waals surface area contributed by atoms with E-state index in [2.05, 4.69) is 25.9 Å². The number of nitrogens with one attached hydrogen (secondary N) is 4. The van der Waals surface area contributed by atoms with Gasteiger partial charge in [-0.25, -0.2) is 9.78 Å². The summed E-state index contributed by atoms with van der Waals surface area (Å²) < 4.78 is 0. The van der Waals surface area contributed by atoms with Gasteiger partial charge in [-0.1, -0.05) is 27.7 Å². The largest absolute Gasteiger partial charge is 0.480 e. The lowest BCUT2D eigenvalue weighted by Crippen LogP contribution is -2.58. The molecule has 1 heterocycles. The van der Waals surface area contributed by atoms with E-state index >= 15 is 0 Å². The lowest BCUT2D eigenvalue weighted by molar-refractivity contribution is -0.143. The standard InChI is InChI=1S/C23H41N7O5/c1-13(2)9-18(22(33)30-19(14(3)4)23(34)35)29-21(32)17(7-5-6-8-24)28-20(31)16(25)10-15-11-26-12-27-15/h11-14,16-19H,5-10,24-25H2,1-4H3,(H,26,27)(H,28,31)(H,29,32)(H,30,33)(H,34,35). The zero-order valence-electron chi connectivity index (χ0n) is 21.0. The number of carbonyl (C=O) groups is 4. The summed E-state index contributed by atoms with van der Waals surface area (Å²) in [6.45, 7) is 7.58. The number of imidazole rings is 1. The van der Waals surface area contributed by atoms with Crippen LogP contribution in [0.25, 0.3) is 0 Å². The van der Waals surface area contributed by atoms with Crippen LogP contribution >= 0.6 is 0 Å². The summed E-state index contributed by atoms with van der Waals surface area (Å²) >= 11 is 0. The normalized spacial score (nSPS) is 14.7. The van der Waals surface area contributed by atoms with Crippen LogP contribution in [0.4, 0.5) is 0 Å². The second-order valence-corrected chi connectivity index (χ2v) is 9.49. The monoisotopic (exact) mass is 495 g/mol. The molecule has 0 aromatic carbocycles. The smallest absolute Gasteiger partial charge is 0.326 e. The second kappa shape index (κ2) is 15.1. The van der Waals surface area contributed by atoms with E-state index in [0.29, 0.717) is 37.9 Å². The average Bonchev–Trinajstić information content (AvgIpc) is 3.28. The SMILES string of the molecule is CC(C)CC(NC(=O)C(CCCCN)NC(=O)C(N)Cc1cnc[nH]1)C(=O)NC(C(=O)O)C(C)C. The fraction of sp³-hybridized carbons (Fsp3) is 0.696. The number of amides is 3. The molecule has 4 unspecified atom stereocenters. The molecule has 0 spiro atoms. The van der Waals surface area contributed by atoms with Gasteiger partial charge in [-0.15, -0.1) is 0 Å². The summed E-state index contributed by atoms with van der Waals surface area (Å²) in [5, 5.41) is 17.3. The first-order valence-corrected chi connectivity index (χ1v) is 12.0. The number of unbranched alkanes of at least 4 members (excludes halogenated alkanes) is 1.